The van der Waals surface area contributed by atoms with E-state index in [2.05, 4.69) is 31.2 Å². The molecule has 40 heavy (non-hydrogen) atoms. The third kappa shape index (κ3) is 10.7. The van der Waals surface area contributed by atoms with E-state index in [1.807, 2.05) is 0 Å². The van der Waals surface area contributed by atoms with Gasteiger partial charge < -0.3 is 19.8 Å². The van der Waals surface area contributed by atoms with Gasteiger partial charge in [-0.25, -0.2) is 9.59 Å². The fourth-order valence-corrected chi connectivity index (χ4v) is 5.49. The van der Waals surface area contributed by atoms with E-state index in [0.717, 1.165) is 18.4 Å². The van der Waals surface area contributed by atoms with Crippen molar-refractivity contribution in [1.82, 2.24) is 4.90 Å². The summed E-state index contributed by atoms with van der Waals surface area (Å²) in [6.07, 6.45) is 14.9. The van der Waals surface area contributed by atoms with Gasteiger partial charge in [0.25, 0.3) is 0 Å². The molecule has 0 spiro atoms. The normalized spacial score (nSPS) is 13.3. The van der Waals surface area contributed by atoms with E-state index in [1.54, 1.807) is 11.0 Å². The SMILES string of the molecule is CCCCCCCCc1ccc(CN(Cc2ccc(OCC(=O)O)c(C(=O)O)c2)C(=O)CCC2CCCC2)cc1. The Balaban J connectivity index is 1.68. The Morgan fingerprint density at radius 2 is 1.48 bits per heavy atom. The summed E-state index contributed by atoms with van der Waals surface area (Å²) in [5.41, 5.74) is 2.90. The number of carbonyl (C=O) groups excluding carboxylic acids is 1. The number of rotatable bonds is 18. The second-order valence-corrected chi connectivity index (χ2v) is 11.1. The summed E-state index contributed by atoms with van der Waals surface area (Å²) < 4.78 is 5.16. The van der Waals surface area contributed by atoms with Gasteiger partial charge >= 0.3 is 11.9 Å². The quantitative estimate of drug-likeness (QED) is 0.189. The maximum Gasteiger partial charge on any atom is 0.341 e. The van der Waals surface area contributed by atoms with Crippen LogP contribution in [0, 0.1) is 5.92 Å². The van der Waals surface area contributed by atoms with Gasteiger partial charge in [0.2, 0.25) is 5.91 Å². The van der Waals surface area contributed by atoms with Crippen LogP contribution in [0.5, 0.6) is 5.75 Å². The monoisotopic (exact) mass is 551 g/mol. The van der Waals surface area contributed by atoms with Crippen LogP contribution in [-0.2, 0) is 29.1 Å². The first-order valence-corrected chi connectivity index (χ1v) is 14.9. The smallest absolute Gasteiger partial charge is 0.341 e. The Kier molecular flexibility index (Phi) is 13.0. The van der Waals surface area contributed by atoms with Gasteiger partial charge in [-0.3, -0.25) is 4.79 Å². The lowest BCUT2D eigenvalue weighted by Gasteiger charge is -2.24. The second kappa shape index (κ2) is 16.7. The van der Waals surface area contributed by atoms with Crippen LogP contribution in [0.15, 0.2) is 42.5 Å². The van der Waals surface area contributed by atoms with Gasteiger partial charge in [0, 0.05) is 19.5 Å². The highest BCUT2D eigenvalue weighted by molar-refractivity contribution is 5.91. The molecule has 3 rings (SSSR count). The summed E-state index contributed by atoms with van der Waals surface area (Å²) in [4.78, 5) is 37.9. The zero-order valence-corrected chi connectivity index (χ0v) is 23.9. The van der Waals surface area contributed by atoms with E-state index in [0.29, 0.717) is 24.4 Å². The molecule has 0 radical (unpaired) electrons. The molecule has 2 aromatic carbocycles. The van der Waals surface area contributed by atoms with Crippen molar-refractivity contribution >= 4 is 17.8 Å². The molecule has 0 unspecified atom stereocenters. The molecule has 1 aliphatic carbocycles. The van der Waals surface area contributed by atoms with Crippen LogP contribution in [0.1, 0.15) is 111 Å². The summed E-state index contributed by atoms with van der Waals surface area (Å²) in [5.74, 6) is -1.72. The van der Waals surface area contributed by atoms with Crippen molar-refractivity contribution in [1.29, 1.82) is 0 Å². The van der Waals surface area contributed by atoms with Crippen molar-refractivity contribution in [3.8, 4) is 5.75 Å². The Bertz CT molecular complexity index is 1090. The highest BCUT2D eigenvalue weighted by Gasteiger charge is 2.21. The molecule has 1 aliphatic rings. The number of carboxylic acid groups (broad SMARTS) is 2. The number of aliphatic carboxylic acids is 1. The minimum absolute atomic E-state index is 0.00119. The van der Waals surface area contributed by atoms with Crippen LogP contribution in [0.2, 0.25) is 0 Å². The van der Waals surface area contributed by atoms with Crippen LogP contribution in [0.3, 0.4) is 0 Å². The van der Waals surface area contributed by atoms with Crippen molar-refractivity contribution in [2.24, 2.45) is 5.92 Å². The van der Waals surface area contributed by atoms with Crippen molar-refractivity contribution in [2.75, 3.05) is 6.61 Å². The number of unbranched alkanes of at least 4 members (excludes halogenated alkanes) is 5. The van der Waals surface area contributed by atoms with Gasteiger partial charge in [0.15, 0.2) is 6.61 Å². The van der Waals surface area contributed by atoms with Crippen LogP contribution in [0.25, 0.3) is 0 Å². The first kappa shape index (κ1) is 31.2. The lowest BCUT2D eigenvalue weighted by molar-refractivity contribution is -0.139. The maximum absolute atomic E-state index is 13.4. The highest BCUT2D eigenvalue weighted by atomic mass is 16.5. The van der Waals surface area contributed by atoms with Gasteiger partial charge in [0.1, 0.15) is 11.3 Å². The summed E-state index contributed by atoms with van der Waals surface area (Å²) >= 11 is 0. The standard InChI is InChI=1S/C33H45NO6/c1-2-3-4-5-6-7-10-26-13-15-27(16-14-26)22-34(31(35)20-18-25-11-8-9-12-25)23-28-17-19-30(40-24-32(36)37)29(21-28)33(38)39/h13-17,19,21,25H,2-12,18,20,22-24H2,1H3,(H,36,37)(H,38,39). The average Bonchev–Trinajstić information content (AvgIpc) is 3.47. The molecule has 0 heterocycles. The van der Waals surface area contributed by atoms with E-state index >= 15 is 0 Å². The van der Waals surface area contributed by atoms with E-state index < -0.39 is 18.5 Å². The molecule has 0 aromatic heterocycles. The van der Waals surface area contributed by atoms with Gasteiger partial charge in [-0.05, 0) is 54.0 Å². The number of nitrogens with zero attached hydrogens (tertiary/aromatic N) is 1. The largest absolute Gasteiger partial charge is 0.481 e. The molecule has 2 aromatic rings. The first-order valence-electron chi connectivity index (χ1n) is 14.9. The predicted octanol–water partition coefficient (Wildman–Crippen LogP) is 7.25. The summed E-state index contributed by atoms with van der Waals surface area (Å²) in [6.45, 7) is 2.32. The number of carbonyl (C=O) groups is 3. The number of hydrogen-bond donors (Lipinski definition) is 2. The van der Waals surface area contributed by atoms with Crippen molar-refractivity contribution in [3.63, 3.8) is 0 Å². The number of hydrogen-bond acceptors (Lipinski definition) is 4. The third-order valence-electron chi connectivity index (χ3n) is 7.81. The van der Waals surface area contributed by atoms with Crippen LogP contribution in [-0.4, -0.2) is 39.6 Å². The highest BCUT2D eigenvalue weighted by Crippen LogP contribution is 2.29. The molecule has 7 nitrogen and oxygen atoms in total. The second-order valence-electron chi connectivity index (χ2n) is 11.1. The van der Waals surface area contributed by atoms with Crippen molar-refractivity contribution in [2.45, 2.75) is 103 Å². The molecule has 2 N–H and O–H groups in total. The molecule has 218 valence electrons. The number of carboxylic acids is 2. The van der Waals surface area contributed by atoms with Crippen molar-refractivity contribution < 1.29 is 29.3 Å². The summed E-state index contributed by atoms with van der Waals surface area (Å²) in [5, 5.41) is 18.6. The zero-order valence-electron chi connectivity index (χ0n) is 23.9. The van der Waals surface area contributed by atoms with Gasteiger partial charge in [0.05, 0.1) is 0 Å². The molecular formula is C33H45NO6. The predicted molar refractivity (Wildman–Crippen MR) is 156 cm³/mol. The lowest BCUT2D eigenvalue weighted by Crippen LogP contribution is -2.30. The number of aromatic carboxylic acids is 1. The first-order chi connectivity index (χ1) is 19.4. The minimum atomic E-state index is -1.21. The Morgan fingerprint density at radius 1 is 0.850 bits per heavy atom. The molecule has 1 amide bonds. The van der Waals surface area contributed by atoms with E-state index in [1.165, 1.54) is 81.9 Å². The molecule has 0 saturated heterocycles. The number of amides is 1. The molecule has 1 saturated carbocycles. The maximum atomic E-state index is 13.4. The minimum Gasteiger partial charge on any atom is -0.481 e. The summed E-state index contributed by atoms with van der Waals surface area (Å²) in [6, 6.07) is 13.1. The molecular weight excluding hydrogens is 506 g/mol. The number of benzene rings is 2. The van der Waals surface area contributed by atoms with Gasteiger partial charge in [-0.1, -0.05) is 95.0 Å². The van der Waals surface area contributed by atoms with Crippen LogP contribution < -0.4 is 4.74 Å². The fourth-order valence-electron chi connectivity index (χ4n) is 5.49. The van der Waals surface area contributed by atoms with Gasteiger partial charge in [-0.15, -0.1) is 0 Å². The summed E-state index contributed by atoms with van der Waals surface area (Å²) in [7, 11) is 0. The third-order valence-corrected chi connectivity index (χ3v) is 7.81. The Morgan fingerprint density at radius 3 is 2.15 bits per heavy atom. The lowest BCUT2D eigenvalue weighted by atomic mass is 10.0. The molecule has 1 fully saturated rings. The van der Waals surface area contributed by atoms with Gasteiger partial charge in [-0.2, -0.15) is 0 Å². The molecule has 7 heteroatoms. The van der Waals surface area contributed by atoms with E-state index in [-0.39, 0.29) is 23.8 Å². The zero-order chi connectivity index (χ0) is 28.7. The average molecular weight is 552 g/mol. The molecule has 0 atom stereocenters. The number of aryl methyl sites for hydroxylation is 1. The topological polar surface area (TPSA) is 104 Å². The van der Waals surface area contributed by atoms with E-state index in [9.17, 15) is 19.5 Å². The Hall–Kier alpha value is -3.35. The van der Waals surface area contributed by atoms with Crippen molar-refractivity contribution in [3.05, 3.63) is 64.7 Å². The molecule has 0 bridgehead atoms. The van der Waals surface area contributed by atoms with Crippen LogP contribution in [0.4, 0.5) is 0 Å². The molecule has 0 aliphatic heterocycles. The number of ether oxygens (including phenoxy) is 1. The van der Waals surface area contributed by atoms with E-state index in [4.69, 9.17) is 9.84 Å². The fraction of sp³-hybridized carbons (Fsp3) is 0.545. The van der Waals surface area contributed by atoms with Crippen LogP contribution >= 0.6 is 0 Å². The Labute approximate surface area is 238 Å².